The SMILES string of the molecule is CC(c1ccc(S(N)(=O)=O)cc1)N(C)CC(=O)Nc1ccc2c(c1)OC1(CCCCC1)O2. The molecule has 2 aromatic carbocycles. The van der Waals surface area contributed by atoms with Crippen LogP contribution in [0, 0.1) is 0 Å². The van der Waals surface area contributed by atoms with E-state index in [0.717, 1.165) is 37.0 Å². The number of likely N-dealkylation sites (N-methyl/N-ethyl adjacent to an activating group) is 1. The Morgan fingerprint density at radius 3 is 2.41 bits per heavy atom. The lowest BCUT2D eigenvalue weighted by molar-refractivity contribution is -0.117. The molecule has 1 aliphatic carbocycles. The monoisotopic (exact) mass is 459 g/mol. The first-order valence-corrected chi connectivity index (χ1v) is 12.3. The predicted octanol–water partition coefficient (Wildman–Crippen LogP) is 3.40. The van der Waals surface area contributed by atoms with E-state index >= 15 is 0 Å². The Labute approximate surface area is 188 Å². The quantitative estimate of drug-likeness (QED) is 0.685. The third kappa shape index (κ3) is 4.90. The summed E-state index contributed by atoms with van der Waals surface area (Å²) >= 11 is 0. The first kappa shape index (κ1) is 22.6. The molecular formula is C23H29N3O5S. The molecule has 1 unspecified atom stereocenters. The van der Waals surface area contributed by atoms with Gasteiger partial charge in [-0.15, -0.1) is 0 Å². The molecule has 1 fully saturated rings. The van der Waals surface area contributed by atoms with Crippen LogP contribution in [0.25, 0.3) is 0 Å². The summed E-state index contributed by atoms with van der Waals surface area (Å²) in [6, 6.07) is 11.7. The van der Waals surface area contributed by atoms with Gasteiger partial charge in [-0.25, -0.2) is 13.6 Å². The van der Waals surface area contributed by atoms with Crippen molar-refractivity contribution in [2.24, 2.45) is 5.14 Å². The maximum atomic E-state index is 12.6. The van der Waals surface area contributed by atoms with Crippen LogP contribution < -0.4 is 19.9 Å². The van der Waals surface area contributed by atoms with Crippen LogP contribution in [0.4, 0.5) is 5.69 Å². The fraction of sp³-hybridized carbons (Fsp3) is 0.435. The normalized spacial score (nSPS) is 18.0. The predicted molar refractivity (Wildman–Crippen MR) is 121 cm³/mol. The molecule has 0 radical (unpaired) electrons. The molecule has 1 amide bonds. The van der Waals surface area contributed by atoms with E-state index in [1.165, 1.54) is 18.6 Å². The van der Waals surface area contributed by atoms with Gasteiger partial charge in [0, 0.05) is 30.6 Å². The number of sulfonamides is 1. The van der Waals surface area contributed by atoms with E-state index in [1.54, 1.807) is 12.1 Å². The largest absolute Gasteiger partial charge is 0.448 e. The highest BCUT2D eigenvalue weighted by atomic mass is 32.2. The lowest BCUT2D eigenvalue weighted by atomic mass is 9.94. The maximum absolute atomic E-state index is 12.6. The summed E-state index contributed by atoms with van der Waals surface area (Å²) in [6.45, 7) is 2.11. The van der Waals surface area contributed by atoms with Gasteiger partial charge in [-0.05, 0) is 56.6 Å². The number of amides is 1. The average Bonchev–Trinajstić information content (AvgIpc) is 3.09. The van der Waals surface area contributed by atoms with E-state index in [0.29, 0.717) is 11.4 Å². The fourth-order valence-corrected chi connectivity index (χ4v) is 4.74. The standard InChI is InChI=1S/C23H29N3O5S/c1-16(17-6-9-19(10-7-17)32(24,28)29)26(2)15-22(27)25-18-8-11-20-21(14-18)31-23(30-20)12-4-3-5-13-23/h6-11,14,16H,3-5,12-13,15H2,1-2H3,(H,25,27)(H2,24,28,29). The summed E-state index contributed by atoms with van der Waals surface area (Å²) in [7, 11) is -1.89. The van der Waals surface area contributed by atoms with Crippen molar-refractivity contribution in [2.45, 2.75) is 55.8 Å². The number of carbonyl (C=O) groups is 1. The van der Waals surface area contributed by atoms with Gasteiger partial charge in [-0.3, -0.25) is 9.69 Å². The Balaban J connectivity index is 1.35. The zero-order valence-electron chi connectivity index (χ0n) is 18.3. The highest BCUT2D eigenvalue weighted by molar-refractivity contribution is 7.89. The van der Waals surface area contributed by atoms with E-state index < -0.39 is 15.8 Å². The summed E-state index contributed by atoms with van der Waals surface area (Å²) in [4.78, 5) is 14.6. The molecule has 32 heavy (non-hydrogen) atoms. The van der Waals surface area contributed by atoms with Crippen LogP contribution in [0.15, 0.2) is 47.4 Å². The molecule has 9 heteroatoms. The van der Waals surface area contributed by atoms with Crippen molar-refractivity contribution in [1.82, 2.24) is 4.90 Å². The summed E-state index contributed by atoms with van der Waals surface area (Å²) in [5.74, 6) is 0.684. The number of nitrogens with zero attached hydrogens (tertiary/aromatic N) is 1. The fourth-order valence-electron chi connectivity index (χ4n) is 4.22. The number of carbonyl (C=O) groups excluding carboxylic acids is 1. The molecule has 8 nitrogen and oxygen atoms in total. The molecule has 4 rings (SSSR count). The van der Waals surface area contributed by atoms with Crippen molar-refractivity contribution in [3.05, 3.63) is 48.0 Å². The number of nitrogens with two attached hydrogens (primary N) is 1. The molecule has 1 aliphatic heterocycles. The highest BCUT2D eigenvalue weighted by Gasteiger charge is 2.42. The van der Waals surface area contributed by atoms with Crippen LogP contribution in [0.3, 0.4) is 0 Å². The summed E-state index contributed by atoms with van der Waals surface area (Å²) in [6.07, 6.45) is 5.14. The van der Waals surface area contributed by atoms with Gasteiger partial charge in [0.25, 0.3) is 5.79 Å². The van der Waals surface area contributed by atoms with Crippen LogP contribution in [0.5, 0.6) is 11.5 Å². The molecule has 0 saturated heterocycles. The molecule has 2 aliphatic rings. The number of ether oxygens (including phenoxy) is 2. The molecule has 0 aromatic heterocycles. The molecule has 172 valence electrons. The molecule has 1 atom stereocenters. The summed E-state index contributed by atoms with van der Waals surface area (Å²) in [5, 5.41) is 8.07. The van der Waals surface area contributed by atoms with Gasteiger partial charge in [0.2, 0.25) is 15.9 Å². The molecule has 0 bridgehead atoms. The lowest BCUT2D eigenvalue weighted by Crippen LogP contribution is -2.40. The molecule has 1 spiro atoms. The number of fused-ring (bicyclic) bond motifs is 1. The Bertz CT molecular complexity index is 1100. The van der Waals surface area contributed by atoms with Crippen molar-refractivity contribution in [3.63, 3.8) is 0 Å². The number of benzene rings is 2. The topological polar surface area (TPSA) is 111 Å². The van der Waals surface area contributed by atoms with Gasteiger partial charge in [0.1, 0.15) is 0 Å². The number of hydrogen-bond donors (Lipinski definition) is 2. The number of nitrogens with one attached hydrogen (secondary N) is 1. The highest BCUT2D eigenvalue weighted by Crippen LogP contribution is 2.46. The van der Waals surface area contributed by atoms with Gasteiger partial charge >= 0.3 is 0 Å². The summed E-state index contributed by atoms with van der Waals surface area (Å²) < 4.78 is 35.1. The second-order valence-electron chi connectivity index (χ2n) is 8.59. The average molecular weight is 460 g/mol. The molecule has 1 heterocycles. The third-order valence-electron chi connectivity index (χ3n) is 6.18. The third-order valence-corrected chi connectivity index (χ3v) is 7.11. The zero-order valence-corrected chi connectivity index (χ0v) is 19.2. The Hall–Kier alpha value is -2.62. The number of anilines is 1. The van der Waals surface area contributed by atoms with E-state index in [-0.39, 0.29) is 23.4 Å². The Morgan fingerprint density at radius 1 is 1.09 bits per heavy atom. The number of primary sulfonamides is 1. The van der Waals surface area contributed by atoms with Crippen molar-refractivity contribution in [2.75, 3.05) is 18.9 Å². The minimum atomic E-state index is -3.73. The van der Waals surface area contributed by atoms with Crippen molar-refractivity contribution in [1.29, 1.82) is 0 Å². The maximum Gasteiger partial charge on any atom is 0.251 e. The van der Waals surface area contributed by atoms with E-state index in [2.05, 4.69) is 5.32 Å². The van der Waals surface area contributed by atoms with Crippen molar-refractivity contribution >= 4 is 21.6 Å². The van der Waals surface area contributed by atoms with Gasteiger partial charge in [0.05, 0.1) is 11.4 Å². The Morgan fingerprint density at radius 2 is 1.75 bits per heavy atom. The van der Waals surface area contributed by atoms with Gasteiger partial charge in [0.15, 0.2) is 11.5 Å². The zero-order chi connectivity index (χ0) is 22.9. The molecular weight excluding hydrogens is 430 g/mol. The lowest BCUT2D eigenvalue weighted by Gasteiger charge is -2.31. The number of hydrogen-bond acceptors (Lipinski definition) is 6. The second kappa shape index (κ2) is 8.73. The first-order valence-electron chi connectivity index (χ1n) is 10.8. The molecule has 3 N–H and O–H groups in total. The number of rotatable bonds is 6. The minimum Gasteiger partial charge on any atom is -0.448 e. The van der Waals surface area contributed by atoms with Crippen LogP contribution in [0.2, 0.25) is 0 Å². The molecule has 1 saturated carbocycles. The van der Waals surface area contributed by atoms with E-state index in [9.17, 15) is 13.2 Å². The minimum absolute atomic E-state index is 0.0617. The smallest absolute Gasteiger partial charge is 0.251 e. The van der Waals surface area contributed by atoms with Gasteiger partial charge in [-0.1, -0.05) is 18.6 Å². The Kier molecular flexibility index (Phi) is 6.15. The van der Waals surface area contributed by atoms with Gasteiger partial charge < -0.3 is 14.8 Å². The van der Waals surface area contributed by atoms with Crippen LogP contribution >= 0.6 is 0 Å². The second-order valence-corrected chi connectivity index (χ2v) is 10.2. The van der Waals surface area contributed by atoms with Crippen LogP contribution in [0.1, 0.15) is 50.6 Å². The summed E-state index contributed by atoms with van der Waals surface area (Å²) in [5.41, 5.74) is 1.54. The van der Waals surface area contributed by atoms with Gasteiger partial charge in [-0.2, -0.15) is 0 Å². The first-order chi connectivity index (χ1) is 15.2. The van der Waals surface area contributed by atoms with E-state index in [1.807, 2.05) is 37.1 Å². The molecule has 2 aromatic rings. The van der Waals surface area contributed by atoms with Crippen LogP contribution in [-0.4, -0.2) is 38.6 Å². The van der Waals surface area contributed by atoms with E-state index in [4.69, 9.17) is 14.6 Å². The van der Waals surface area contributed by atoms with Crippen molar-refractivity contribution < 1.29 is 22.7 Å². The van der Waals surface area contributed by atoms with Crippen molar-refractivity contribution in [3.8, 4) is 11.5 Å². The van der Waals surface area contributed by atoms with Crippen LogP contribution in [-0.2, 0) is 14.8 Å².